The summed E-state index contributed by atoms with van der Waals surface area (Å²) in [6, 6.07) is 8.37. The first kappa shape index (κ1) is 12.9. The van der Waals surface area contributed by atoms with Gasteiger partial charge in [0.1, 0.15) is 17.5 Å². The van der Waals surface area contributed by atoms with Gasteiger partial charge in [0, 0.05) is 24.7 Å². The number of benzene rings is 1. The number of hydrogen-bond donors (Lipinski definition) is 2. The molecular formula is C16H20N4. The van der Waals surface area contributed by atoms with Crippen molar-refractivity contribution in [3.8, 4) is 0 Å². The van der Waals surface area contributed by atoms with Gasteiger partial charge in [0.2, 0.25) is 0 Å². The molecule has 0 radical (unpaired) electrons. The predicted octanol–water partition coefficient (Wildman–Crippen LogP) is 3.76. The molecule has 0 atom stereocenters. The van der Waals surface area contributed by atoms with Crippen molar-refractivity contribution in [3.05, 3.63) is 41.2 Å². The molecule has 1 aliphatic carbocycles. The number of nitrogens with one attached hydrogen (secondary N) is 2. The largest absolute Gasteiger partial charge is 0.373 e. The van der Waals surface area contributed by atoms with Gasteiger partial charge in [-0.2, -0.15) is 0 Å². The van der Waals surface area contributed by atoms with Gasteiger partial charge < -0.3 is 10.6 Å². The molecule has 3 rings (SSSR count). The minimum atomic E-state index is 0.545. The van der Waals surface area contributed by atoms with Gasteiger partial charge in [-0.3, -0.25) is 0 Å². The summed E-state index contributed by atoms with van der Waals surface area (Å²) >= 11 is 0. The maximum atomic E-state index is 4.64. The highest BCUT2D eigenvalue weighted by atomic mass is 15.1. The molecule has 1 aromatic heterocycles. The average Bonchev–Trinajstić information content (AvgIpc) is 3.21. The van der Waals surface area contributed by atoms with Gasteiger partial charge in [-0.15, -0.1) is 0 Å². The molecule has 1 aromatic carbocycles. The molecule has 1 aliphatic rings. The van der Waals surface area contributed by atoms with Gasteiger partial charge in [-0.25, -0.2) is 9.97 Å². The summed E-state index contributed by atoms with van der Waals surface area (Å²) in [5, 5.41) is 6.50. The Hall–Kier alpha value is -2.10. The smallest absolute Gasteiger partial charge is 0.136 e. The van der Waals surface area contributed by atoms with Crippen molar-refractivity contribution in [1.82, 2.24) is 9.97 Å². The van der Waals surface area contributed by atoms with Crippen LogP contribution in [0.3, 0.4) is 0 Å². The van der Waals surface area contributed by atoms with E-state index < -0.39 is 0 Å². The monoisotopic (exact) mass is 268 g/mol. The zero-order chi connectivity index (χ0) is 14.1. The summed E-state index contributed by atoms with van der Waals surface area (Å²) in [4.78, 5) is 9.16. The van der Waals surface area contributed by atoms with E-state index >= 15 is 0 Å². The lowest BCUT2D eigenvalue weighted by Gasteiger charge is -2.11. The molecule has 0 unspecified atom stereocenters. The molecule has 1 heterocycles. The van der Waals surface area contributed by atoms with E-state index in [-0.39, 0.29) is 0 Å². The normalized spacial score (nSPS) is 14.2. The van der Waals surface area contributed by atoms with Crippen LogP contribution >= 0.6 is 0 Å². The van der Waals surface area contributed by atoms with E-state index in [1.165, 1.54) is 24.0 Å². The van der Waals surface area contributed by atoms with Gasteiger partial charge in [-0.1, -0.05) is 6.07 Å². The van der Waals surface area contributed by atoms with Crippen LogP contribution in [0.1, 0.15) is 35.7 Å². The summed E-state index contributed by atoms with van der Waals surface area (Å²) in [6.07, 6.45) is 2.41. The van der Waals surface area contributed by atoms with Crippen LogP contribution < -0.4 is 10.6 Å². The van der Waals surface area contributed by atoms with Gasteiger partial charge in [0.15, 0.2) is 0 Å². The second-order valence-electron chi connectivity index (χ2n) is 5.52. The van der Waals surface area contributed by atoms with E-state index in [0.717, 1.165) is 23.1 Å². The minimum Gasteiger partial charge on any atom is -0.373 e. The number of anilines is 3. The van der Waals surface area contributed by atoms with Crippen LogP contribution in [-0.4, -0.2) is 17.0 Å². The van der Waals surface area contributed by atoms with E-state index in [9.17, 15) is 0 Å². The van der Waals surface area contributed by atoms with E-state index in [1.807, 2.05) is 13.1 Å². The van der Waals surface area contributed by atoms with Crippen LogP contribution in [0.15, 0.2) is 24.3 Å². The average molecular weight is 268 g/mol. The van der Waals surface area contributed by atoms with Crippen LogP contribution in [0.5, 0.6) is 0 Å². The van der Waals surface area contributed by atoms with Crippen molar-refractivity contribution in [2.24, 2.45) is 0 Å². The quantitative estimate of drug-likeness (QED) is 0.886. The molecular weight excluding hydrogens is 248 g/mol. The first-order chi connectivity index (χ1) is 9.64. The maximum Gasteiger partial charge on any atom is 0.136 e. The van der Waals surface area contributed by atoms with Crippen LogP contribution in [0.2, 0.25) is 0 Å². The van der Waals surface area contributed by atoms with Gasteiger partial charge >= 0.3 is 0 Å². The third kappa shape index (κ3) is 2.90. The van der Waals surface area contributed by atoms with E-state index in [4.69, 9.17) is 0 Å². The molecule has 0 saturated heterocycles. The van der Waals surface area contributed by atoms with E-state index in [0.29, 0.717) is 5.92 Å². The fraction of sp³-hybridized carbons (Fsp3) is 0.375. The summed E-state index contributed by atoms with van der Waals surface area (Å²) in [5.41, 5.74) is 3.57. The lowest BCUT2D eigenvalue weighted by atomic mass is 10.1. The van der Waals surface area contributed by atoms with Crippen LogP contribution in [0.4, 0.5) is 17.3 Å². The van der Waals surface area contributed by atoms with E-state index in [1.54, 1.807) is 0 Å². The molecule has 0 amide bonds. The van der Waals surface area contributed by atoms with Crippen LogP contribution in [0, 0.1) is 13.8 Å². The molecule has 4 heteroatoms. The second-order valence-corrected chi connectivity index (χ2v) is 5.52. The molecule has 0 bridgehead atoms. The lowest BCUT2D eigenvalue weighted by molar-refractivity contribution is 0.932. The summed E-state index contributed by atoms with van der Waals surface area (Å²) in [5.74, 6) is 3.22. The fourth-order valence-corrected chi connectivity index (χ4v) is 2.38. The Kier molecular flexibility index (Phi) is 3.30. The van der Waals surface area contributed by atoms with Gasteiger partial charge in [0.25, 0.3) is 0 Å². The van der Waals surface area contributed by atoms with Crippen molar-refractivity contribution in [2.45, 2.75) is 32.6 Å². The fourth-order valence-electron chi connectivity index (χ4n) is 2.38. The topological polar surface area (TPSA) is 49.8 Å². The lowest BCUT2D eigenvalue weighted by Crippen LogP contribution is -2.03. The number of aryl methyl sites for hydroxylation is 2. The van der Waals surface area contributed by atoms with Crippen LogP contribution in [0.25, 0.3) is 0 Å². The maximum absolute atomic E-state index is 4.64. The molecule has 20 heavy (non-hydrogen) atoms. The third-order valence-electron chi connectivity index (χ3n) is 3.44. The van der Waals surface area contributed by atoms with Crippen LogP contribution in [-0.2, 0) is 0 Å². The number of rotatable bonds is 4. The highest BCUT2D eigenvalue weighted by Gasteiger charge is 2.27. The molecule has 4 nitrogen and oxygen atoms in total. The van der Waals surface area contributed by atoms with Crippen molar-refractivity contribution in [3.63, 3.8) is 0 Å². The molecule has 0 spiro atoms. The van der Waals surface area contributed by atoms with Crippen molar-refractivity contribution < 1.29 is 0 Å². The number of hydrogen-bond acceptors (Lipinski definition) is 4. The van der Waals surface area contributed by atoms with Crippen molar-refractivity contribution >= 4 is 17.3 Å². The van der Waals surface area contributed by atoms with Crippen molar-refractivity contribution in [2.75, 3.05) is 17.7 Å². The zero-order valence-electron chi connectivity index (χ0n) is 12.2. The van der Waals surface area contributed by atoms with E-state index in [2.05, 4.69) is 52.6 Å². The van der Waals surface area contributed by atoms with Crippen molar-refractivity contribution in [1.29, 1.82) is 0 Å². The number of aromatic nitrogens is 2. The molecule has 1 saturated carbocycles. The predicted molar refractivity (Wildman–Crippen MR) is 82.8 cm³/mol. The molecule has 2 aromatic rings. The van der Waals surface area contributed by atoms with Gasteiger partial charge in [-0.05, 0) is 49.9 Å². The SMILES string of the molecule is CNc1cc(Nc2cc(C)cc(C)c2)nc(C2CC2)n1. The first-order valence-corrected chi connectivity index (χ1v) is 7.06. The Balaban J connectivity index is 1.90. The number of nitrogens with zero attached hydrogens (tertiary/aromatic N) is 2. The Labute approximate surface area is 119 Å². The molecule has 1 fully saturated rings. The standard InChI is InChI=1S/C16H20N4/c1-10-6-11(2)8-13(7-10)18-15-9-14(17-3)19-16(20-15)12-4-5-12/h6-9,12H,4-5H2,1-3H3,(H2,17,18,19,20). The third-order valence-corrected chi connectivity index (χ3v) is 3.44. The summed E-state index contributed by atoms with van der Waals surface area (Å²) in [6.45, 7) is 4.21. The second kappa shape index (κ2) is 5.12. The Morgan fingerprint density at radius 3 is 2.20 bits per heavy atom. The Morgan fingerprint density at radius 2 is 1.60 bits per heavy atom. The highest BCUT2D eigenvalue weighted by Crippen LogP contribution is 2.39. The summed E-state index contributed by atoms with van der Waals surface area (Å²) in [7, 11) is 1.89. The highest BCUT2D eigenvalue weighted by molar-refractivity contribution is 5.61. The Morgan fingerprint density at radius 1 is 0.950 bits per heavy atom. The minimum absolute atomic E-state index is 0.545. The molecule has 0 aliphatic heterocycles. The molecule has 104 valence electrons. The zero-order valence-corrected chi connectivity index (χ0v) is 12.2. The Bertz CT molecular complexity index is 612. The van der Waals surface area contributed by atoms with Gasteiger partial charge in [0.05, 0.1) is 0 Å². The summed E-state index contributed by atoms with van der Waals surface area (Å²) < 4.78 is 0. The first-order valence-electron chi connectivity index (χ1n) is 7.06. The molecule has 2 N–H and O–H groups in total.